The summed E-state index contributed by atoms with van der Waals surface area (Å²) in [6.07, 6.45) is -4.21. The highest BCUT2D eigenvalue weighted by Gasteiger charge is 2.28. The molecule has 3 nitrogen and oxygen atoms in total. The van der Waals surface area contributed by atoms with E-state index in [0.29, 0.717) is 17.6 Å². The zero-order valence-corrected chi connectivity index (χ0v) is 11.2. The maximum atomic E-state index is 12.2. The lowest BCUT2D eigenvalue weighted by molar-refractivity contribution is -0.105. The van der Waals surface area contributed by atoms with Gasteiger partial charge in [0.05, 0.1) is 5.75 Å². The van der Waals surface area contributed by atoms with Crippen molar-refractivity contribution in [2.75, 3.05) is 5.75 Å². The highest BCUT2D eigenvalue weighted by molar-refractivity contribution is 7.99. The molecule has 2 aromatic rings. The Morgan fingerprint density at radius 3 is 2.42 bits per heavy atom. The van der Waals surface area contributed by atoms with Gasteiger partial charge in [0.15, 0.2) is 11.0 Å². The van der Waals surface area contributed by atoms with Crippen molar-refractivity contribution in [1.82, 2.24) is 14.8 Å². The van der Waals surface area contributed by atoms with Crippen LogP contribution in [0.1, 0.15) is 5.56 Å². The maximum absolute atomic E-state index is 12.2. The molecule has 0 fully saturated rings. The minimum absolute atomic E-state index is 0.257. The first-order chi connectivity index (χ1) is 8.85. The minimum Gasteiger partial charge on any atom is -0.243 e. The van der Waals surface area contributed by atoms with Crippen molar-refractivity contribution in [2.45, 2.75) is 18.3 Å². The number of aryl methyl sites for hydroxylation is 2. The standard InChI is InChI=1S/C12H12F3N3S/c1-8-3-5-9(6-4-8)10-16-11(18(2)17-10)19-7-12(13,14)15/h3-6H,7H2,1-2H3. The quantitative estimate of drug-likeness (QED) is 0.810. The SMILES string of the molecule is Cc1ccc(-c2nc(SCC(F)(F)F)n(C)n2)cc1. The molecule has 0 saturated heterocycles. The van der Waals surface area contributed by atoms with Crippen molar-refractivity contribution in [1.29, 1.82) is 0 Å². The van der Waals surface area contributed by atoms with E-state index in [1.54, 1.807) is 7.05 Å². The Labute approximate surface area is 112 Å². The van der Waals surface area contributed by atoms with Gasteiger partial charge in [-0.25, -0.2) is 9.67 Å². The summed E-state index contributed by atoms with van der Waals surface area (Å²) in [6.45, 7) is 1.96. The monoisotopic (exact) mass is 287 g/mol. The molecule has 0 unspecified atom stereocenters. The van der Waals surface area contributed by atoms with Crippen LogP contribution >= 0.6 is 11.8 Å². The maximum Gasteiger partial charge on any atom is 0.398 e. The fourth-order valence-corrected chi connectivity index (χ4v) is 2.14. The second-order valence-electron chi connectivity index (χ2n) is 4.11. The van der Waals surface area contributed by atoms with E-state index in [-0.39, 0.29) is 5.16 Å². The summed E-state index contributed by atoms with van der Waals surface area (Å²) >= 11 is 0.637. The topological polar surface area (TPSA) is 30.7 Å². The smallest absolute Gasteiger partial charge is 0.243 e. The van der Waals surface area contributed by atoms with Crippen LogP contribution in [0.25, 0.3) is 11.4 Å². The zero-order chi connectivity index (χ0) is 14.0. The molecule has 1 aromatic heterocycles. The molecule has 0 spiro atoms. The Hall–Kier alpha value is -1.50. The fourth-order valence-electron chi connectivity index (χ4n) is 1.47. The largest absolute Gasteiger partial charge is 0.398 e. The number of thioether (sulfide) groups is 1. The molecule has 102 valence electrons. The summed E-state index contributed by atoms with van der Waals surface area (Å²) in [5.41, 5.74) is 1.89. The lowest BCUT2D eigenvalue weighted by Crippen LogP contribution is -2.11. The number of hydrogen-bond acceptors (Lipinski definition) is 3. The molecule has 0 aliphatic carbocycles. The molecule has 0 radical (unpaired) electrons. The van der Waals surface area contributed by atoms with Crippen molar-refractivity contribution in [3.8, 4) is 11.4 Å². The van der Waals surface area contributed by atoms with Gasteiger partial charge in [-0.1, -0.05) is 41.6 Å². The number of aromatic nitrogens is 3. The third kappa shape index (κ3) is 3.73. The van der Waals surface area contributed by atoms with E-state index >= 15 is 0 Å². The molecule has 0 aliphatic rings. The zero-order valence-electron chi connectivity index (χ0n) is 10.4. The Bertz CT molecular complexity index is 561. The Morgan fingerprint density at radius 1 is 1.21 bits per heavy atom. The molecule has 0 atom stereocenters. The Balaban J connectivity index is 2.19. The van der Waals surface area contributed by atoms with Gasteiger partial charge >= 0.3 is 6.18 Å². The minimum atomic E-state index is -4.21. The molecule has 7 heteroatoms. The summed E-state index contributed by atoms with van der Waals surface area (Å²) in [4.78, 5) is 4.13. The van der Waals surface area contributed by atoms with Crippen LogP contribution in [-0.4, -0.2) is 26.7 Å². The van der Waals surface area contributed by atoms with Crippen molar-refractivity contribution in [3.63, 3.8) is 0 Å². The third-order valence-electron chi connectivity index (χ3n) is 2.40. The van der Waals surface area contributed by atoms with Crippen molar-refractivity contribution in [3.05, 3.63) is 29.8 Å². The molecule has 2 rings (SSSR count). The lowest BCUT2D eigenvalue weighted by Gasteiger charge is -2.03. The van der Waals surface area contributed by atoms with Crippen LogP contribution in [0.3, 0.4) is 0 Å². The number of alkyl halides is 3. The number of hydrogen-bond donors (Lipinski definition) is 0. The molecule has 19 heavy (non-hydrogen) atoms. The predicted octanol–water partition coefficient (Wildman–Crippen LogP) is 3.44. The molecular weight excluding hydrogens is 275 g/mol. The van der Waals surface area contributed by atoms with Gasteiger partial charge in [-0.05, 0) is 6.92 Å². The van der Waals surface area contributed by atoms with Crippen LogP contribution in [0.2, 0.25) is 0 Å². The van der Waals surface area contributed by atoms with Gasteiger partial charge in [0, 0.05) is 12.6 Å². The van der Waals surface area contributed by atoms with Gasteiger partial charge in [0.1, 0.15) is 0 Å². The van der Waals surface area contributed by atoms with E-state index in [1.165, 1.54) is 4.68 Å². The molecule has 0 amide bonds. The van der Waals surface area contributed by atoms with E-state index in [0.717, 1.165) is 11.1 Å². The average molecular weight is 287 g/mol. The van der Waals surface area contributed by atoms with E-state index in [9.17, 15) is 13.2 Å². The van der Waals surface area contributed by atoms with E-state index in [1.807, 2.05) is 31.2 Å². The molecule has 0 aliphatic heterocycles. The first-order valence-electron chi connectivity index (χ1n) is 5.53. The number of halogens is 3. The first-order valence-corrected chi connectivity index (χ1v) is 6.51. The second-order valence-corrected chi connectivity index (χ2v) is 5.05. The van der Waals surface area contributed by atoms with Crippen molar-refractivity contribution < 1.29 is 13.2 Å². The summed E-state index contributed by atoms with van der Waals surface area (Å²) < 4.78 is 37.9. The fraction of sp³-hybridized carbons (Fsp3) is 0.333. The summed E-state index contributed by atoms with van der Waals surface area (Å²) in [6, 6.07) is 7.52. The summed E-state index contributed by atoms with van der Waals surface area (Å²) in [7, 11) is 1.59. The van der Waals surface area contributed by atoms with Gasteiger partial charge in [0.25, 0.3) is 0 Å². The lowest BCUT2D eigenvalue weighted by atomic mass is 10.1. The van der Waals surface area contributed by atoms with E-state index in [2.05, 4.69) is 10.1 Å². The van der Waals surface area contributed by atoms with Crippen LogP contribution < -0.4 is 0 Å². The first kappa shape index (κ1) is 13.9. The normalized spacial score (nSPS) is 11.8. The van der Waals surface area contributed by atoms with Crippen LogP contribution in [0.5, 0.6) is 0 Å². The van der Waals surface area contributed by atoms with Crippen molar-refractivity contribution in [2.24, 2.45) is 7.05 Å². The molecule has 0 N–H and O–H groups in total. The van der Waals surface area contributed by atoms with Crippen LogP contribution in [0, 0.1) is 6.92 Å². The Morgan fingerprint density at radius 2 is 1.84 bits per heavy atom. The van der Waals surface area contributed by atoms with Gasteiger partial charge in [-0.2, -0.15) is 18.3 Å². The molecular formula is C12H12F3N3S. The second kappa shape index (κ2) is 5.24. The van der Waals surface area contributed by atoms with Crippen molar-refractivity contribution >= 4 is 11.8 Å². The number of benzene rings is 1. The van der Waals surface area contributed by atoms with E-state index in [4.69, 9.17) is 0 Å². The van der Waals surface area contributed by atoms with Gasteiger partial charge < -0.3 is 0 Å². The van der Waals surface area contributed by atoms with Crippen LogP contribution in [-0.2, 0) is 7.05 Å². The summed E-state index contributed by atoms with van der Waals surface area (Å²) in [5.74, 6) is -0.528. The van der Waals surface area contributed by atoms with Gasteiger partial charge in [0.2, 0.25) is 0 Å². The summed E-state index contributed by atoms with van der Waals surface area (Å²) in [5, 5.41) is 4.39. The molecule has 0 bridgehead atoms. The average Bonchev–Trinajstić information content (AvgIpc) is 2.68. The van der Waals surface area contributed by atoms with E-state index < -0.39 is 11.9 Å². The van der Waals surface area contributed by atoms with Crippen LogP contribution in [0.15, 0.2) is 29.4 Å². The van der Waals surface area contributed by atoms with Crippen LogP contribution in [0.4, 0.5) is 13.2 Å². The third-order valence-corrected chi connectivity index (χ3v) is 3.48. The predicted molar refractivity (Wildman–Crippen MR) is 68.0 cm³/mol. The molecule has 1 aromatic carbocycles. The van der Waals surface area contributed by atoms with Gasteiger partial charge in [-0.3, -0.25) is 0 Å². The highest BCUT2D eigenvalue weighted by Crippen LogP contribution is 2.27. The van der Waals surface area contributed by atoms with Gasteiger partial charge in [-0.15, -0.1) is 0 Å². The number of rotatable bonds is 3. The molecule has 0 saturated carbocycles. The number of nitrogens with zero attached hydrogens (tertiary/aromatic N) is 3. The Kier molecular flexibility index (Phi) is 3.84. The molecule has 1 heterocycles. The highest BCUT2D eigenvalue weighted by atomic mass is 32.2.